The van der Waals surface area contributed by atoms with Gasteiger partial charge in [0.2, 0.25) is 0 Å². The van der Waals surface area contributed by atoms with E-state index in [-0.39, 0.29) is 18.5 Å². The van der Waals surface area contributed by atoms with Crippen LogP contribution in [0.15, 0.2) is 36.7 Å². The lowest BCUT2D eigenvalue weighted by Crippen LogP contribution is -2.32. The SMILES string of the molecule is OC[C@H]1CCCN1c1cc(NCCOc2ccc(F)cc2)ncn1. The van der Waals surface area contributed by atoms with Crippen LogP contribution in [0, 0.1) is 5.82 Å². The van der Waals surface area contributed by atoms with Crippen molar-refractivity contribution in [1.29, 1.82) is 0 Å². The fraction of sp³-hybridized carbons (Fsp3) is 0.412. The fourth-order valence-corrected chi connectivity index (χ4v) is 2.81. The standard InChI is InChI=1S/C17H21FN4O2/c18-13-3-5-15(6-4-13)24-9-7-19-16-10-17(21-12-20-16)22-8-1-2-14(22)11-23/h3-6,10,12,14,23H,1-2,7-9,11H2,(H,19,20,21)/t14-/m1/s1. The van der Waals surface area contributed by atoms with Crippen molar-refractivity contribution in [3.05, 3.63) is 42.5 Å². The third-order valence-corrected chi connectivity index (χ3v) is 4.03. The van der Waals surface area contributed by atoms with Gasteiger partial charge in [0, 0.05) is 12.6 Å². The largest absolute Gasteiger partial charge is 0.492 e. The Bertz CT molecular complexity index is 653. The first-order valence-corrected chi connectivity index (χ1v) is 8.08. The molecule has 0 radical (unpaired) electrons. The van der Waals surface area contributed by atoms with Crippen LogP contribution < -0.4 is 15.0 Å². The van der Waals surface area contributed by atoms with Gasteiger partial charge in [0.1, 0.15) is 36.1 Å². The van der Waals surface area contributed by atoms with Crippen LogP contribution >= 0.6 is 0 Å². The van der Waals surface area contributed by atoms with Gasteiger partial charge in [0.05, 0.1) is 19.2 Å². The summed E-state index contributed by atoms with van der Waals surface area (Å²) < 4.78 is 18.3. The molecule has 2 heterocycles. The van der Waals surface area contributed by atoms with Gasteiger partial charge >= 0.3 is 0 Å². The molecule has 0 amide bonds. The smallest absolute Gasteiger partial charge is 0.134 e. The molecule has 1 fully saturated rings. The van der Waals surface area contributed by atoms with Gasteiger partial charge in [-0.15, -0.1) is 0 Å². The average Bonchev–Trinajstić information content (AvgIpc) is 3.09. The summed E-state index contributed by atoms with van der Waals surface area (Å²) in [4.78, 5) is 10.6. The Morgan fingerprint density at radius 2 is 2.12 bits per heavy atom. The number of halogens is 1. The van der Waals surface area contributed by atoms with Crippen molar-refractivity contribution in [2.24, 2.45) is 0 Å². The van der Waals surface area contributed by atoms with Crippen molar-refractivity contribution in [3.63, 3.8) is 0 Å². The van der Waals surface area contributed by atoms with Gasteiger partial charge in [-0.25, -0.2) is 14.4 Å². The lowest BCUT2D eigenvalue weighted by Gasteiger charge is -2.24. The number of hydrogen-bond acceptors (Lipinski definition) is 6. The highest BCUT2D eigenvalue weighted by atomic mass is 19.1. The molecule has 1 aromatic carbocycles. The van der Waals surface area contributed by atoms with Crippen molar-refractivity contribution in [3.8, 4) is 5.75 Å². The maximum atomic E-state index is 12.8. The molecule has 1 aliphatic heterocycles. The zero-order valence-corrected chi connectivity index (χ0v) is 13.4. The van der Waals surface area contributed by atoms with Gasteiger partial charge in [0.25, 0.3) is 0 Å². The Balaban J connectivity index is 1.50. The topological polar surface area (TPSA) is 70.5 Å². The first-order valence-electron chi connectivity index (χ1n) is 8.08. The van der Waals surface area contributed by atoms with Crippen molar-refractivity contribution in [2.75, 3.05) is 36.5 Å². The summed E-state index contributed by atoms with van der Waals surface area (Å²) in [6, 6.07) is 7.95. The lowest BCUT2D eigenvalue weighted by atomic mass is 10.2. The second-order valence-electron chi connectivity index (χ2n) is 5.66. The molecule has 0 spiro atoms. The van der Waals surface area contributed by atoms with E-state index in [1.54, 1.807) is 12.1 Å². The van der Waals surface area contributed by atoms with Crippen LogP contribution in [0.5, 0.6) is 5.75 Å². The van der Waals surface area contributed by atoms with E-state index in [9.17, 15) is 9.50 Å². The van der Waals surface area contributed by atoms with Crippen LogP contribution in [0.2, 0.25) is 0 Å². The number of ether oxygens (including phenoxy) is 1. The Morgan fingerprint density at radius 1 is 1.29 bits per heavy atom. The van der Waals surface area contributed by atoms with Crippen molar-refractivity contribution in [1.82, 2.24) is 9.97 Å². The molecule has 0 unspecified atom stereocenters. The van der Waals surface area contributed by atoms with Crippen LogP contribution in [0.3, 0.4) is 0 Å². The van der Waals surface area contributed by atoms with E-state index >= 15 is 0 Å². The maximum Gasteiger partial charge on any atom is 0.134 e. The molecule has 1 saturated heterocycles. The number of benzene rings is 1. The number of nitrogens with zero attached hydrogens (tertiary/aromatic N) is 3. The summed E-state index contributed by atoms with van der Waals surface area (Å²) >= 11 is 0. The van der Waals surface area contributed by atoms with Crippen LogP contribution in [-0.4, -0.2) is 47.4 Å². The monoisotopic (exact) mass is 332 g/mol. The highest BCUT2D eigenvalue weighted by molar-refractivity contribution is 5.49. The quantitative estimate of drug-likeness (QED) is 0.757. The first-order chi connectivity index (χ1) is 11.8. The van der Waals surface area contributed by atoms with Crippen molar-refractivity contribution in [2.45, 2.75) is 18.9 Å². The molecular formula is C17H21FN4O2. The highest BCUT2D eigenvalue weighted by Crippen LogP contribution is 2.24. The van der Waals surface area contributed by atoms with Gasteiger partial charge in [-0.3, -0.25) is 0 Å². The molecule has 24 heavy (non-hydrogen) atoms. The molecule has 1 aliphatic rings. The molecule has 3 rings (SSSR count). The number of aromatic nitrogens is 2. The second kappa shape index (κ2) is 7.92. The van der Waals surface area contributed by atoms with E-state index in [2.05, 4.69) is 20.2 Å². The minimum atomic E-state index is -0.280. The van der Waals surface area contributed by atoms with E-state index in [4.69, 9.17) is 4.74 Å². The molecule has 0 bridgehead atoms. The molecule has 0 saturated carbocycles. The number of hydrogen-bond donors (Lipinski definition) is 2. The molecule has 2 N–H and O–H groups in total. The molecule has 0 aliphatic carbocycles. The van der Waals surface area contributed by atoms with Crippen LogP contribution in [-0.2, 0) is 0 Å². The van der Waals surface area contributed by atoms with Crippen LogP contribution in [0.4, 0.5) is 16.0 Å². The van der Waals surface area contributed by atoms with Crippen molar-refractivity contribution < 1.29 is 14.2 Å². The normalized spacial score (nSPS) is 17.1. The first kappa shape index (κ1) is 16.4. The molecule has 6 nitrogen and oxygen atoms in total. The third kappa shape index (κ3) is 4.11. The third-order valence-electron chi connectivity index (χ3n) is 4.03. The van der Waals surface area contributed by atoms with Crippen molar-refractivity contribution >= 4 is 11.6 Å². The zero-order chi connectivity index (χ0) is 16.8. The fourth-order valence-electron chi connectivity index (χ4n) is 2.81. The van der Waals surface area contributed by atoms with E-state index < -0.39 is 0 Å². The van der Waals surface area contributed by atoms with E-state index in [1.165, 1.54) is 18.5 Å². The van der Waals surface area contributed by atoms with Gasteiger partial charge in [-0.05, 0) is 37.1 Å². The Labute approximate surface area is 140 Å². The number of aliphatic hydroxyl groups excluding tert-OH is 1. The minimum Gasteiger partial charge on any atom is -0.492 e. The Kier molecular flexibility index (Phi) is 5.43. The van der Waals surface area contributed by atoms with Crippen LogP contribution in [0.25, 0.3) is 0 Å². The molecular weight excluding hydrogens is 311 g/mol. The summed E-state index contributed by atoms with van der Waals surface area (Å²) in [5, 5.41) is 12.6. The lowest BCUT2D eigenvalue weighted by molar-refractivity contribution is 0.266. The summed E-state index contributed by atoms with van der Waals surface area (Å²) in [6.07, 6.45) is 3.56. The van der Waals surface area contributed by atoms with Gasteiger partial charge in [0.15, 0.2) is 0 Å². The van der Waals surface area contributed by atoms with Gasteiger partial charge in [-0.2, -0.15) is 0 Å². The summed E-state index contributed by atoms with van der Waals surface area (Å²) in [5.41, 5.74) is 0. The zero-order valence-electron chi connectivity index (χ0n) is 13.4. The van der Waals surface area contributed by atoms with E-state index in [1.807, 2.05) is 6.07 Å². The van der Waals surface area contributed by atoms with Crippen LogP contribution in [0.1, 0.15) is 12.8 Å². The van der Waals surface area contributed by atoms with E-state index in [0.29, 0.717) is 24.7 Å². The maximum absolute atomic E-state index is 12.8. The van der Waals surface area contributed by atoms with E-state index in [0.717, 1.165) is 25.2 Å². The molecule has 128 valence electrons. The number of aliphatic hydroxyl groups is 1. The summed E-state index contributed by atoms with van der Waals surface area (Å²) in [7, 11) is 0. The number of nitrogens with one attached hydrogen (secondary N) is 1. The molecule has 7 heteroatoms. The number of anilines is 2. The van der Waals surface area contributed by atoms with Gasteiger partial charge in [-0.1, -0.05) is 0 Å². The summed E-state index contributed by atoms with van der Waals surface area (Å²) in [5.74, 6) is 1.89. The average molecular weight is 332 g/mol. The Hall–Kier alpha value is -2.41. The van der Waals surface area contributed by atoms with Gasteiger partial charge < -0.3 is 20.1 Å². The molecule has 1 atom stereocenters. The minimum absolute atomic E-state index is 0.134. The summed E-state index contributed by atoms with van der Waals surface area (Å²) in [6.45, 7) is 2.04. The molecule has 2 aromatic rings. The highest BCUT2D eigenvalue weighted by Gasteiger charge is 2.25. The second-order valence-corrected chi connectivity index (χ2v) is 5.66. The molecule has 1 aromatic heterocycles. The predicted molar refractivity (Wildman–Crippen MR) is 89.9 cm³/mol. The number of rotatable bonds is 7. The Morgan fingerprint density at radius 3 is 2.92 bits per heavy atom. The predicted octanol–water partition coefficient (Wildman–Crippen LogP) is 2.07.